The molecule has 2 aliphatic rings. The van der Waals surface area contributed by atoms with Crippen molar-refractivity contribution in [2.24, 2.45) is 0 Å². The lowest BCUT2D eigenvalue weighted by atomic mass is 10.1. The molecule has 0 spiro atoms. The van der Waals surface area contributed by atoms with E-state index in [0.717, 1.165) is 23.5 Å². The van der Waals surface area contributed by atoms with Crippen LogP contribution in [0.5, 0.6) is 0 Å². The molecule has 0 saturated carbocycles. The predicted octanol–water partition coefficient (Wildman–Crippen LogP) is 2.57. The number of ether oxygens (including phenoxy) is 1. The monoisotopic (exact) mass is 228 g/mol. The predicted molar refractivity (Wildman–Crippen MR) is 61.3 cm³/mol. The van der Waals surface area contributed by atoms with E-state index in [2.05, 4.69) is 5.41 Å². The number of carbonyl (C=O) groups is 1. The summed E-state index contributed by atoms with van der Waals surface area (Å²) in [6, 6.07) is 0. The molecule has 76 valence electrons. The van der Waals surface area contributed by atoms with Gasteiger partial charge in [0.15, 0.2) is 0 Å². The van der Waals surface area contributed by atoms with Crippen molar-refractivity contribution in [1.29, 1.82) is 0 Å². The molecule has 0 aromatic heterocycles. The summed E-state index contributed by atoms with van der Waals surface area (Å²) in [6.07, 6.45) is 1.01. The molecule has 0 atom stereocenters. The topological polar surface area (TPSA) is 26.3 Å². The highest BCUT2D eigenvalue weighted by Crippen LogP contribution is 2.43. The lowest BCUT2D eigenvalue weighted by Gasteiger charge is -2.11. The van der Waals surface area contributed by atoms with Gasteiger partial charge in [-0.05, 0) is 24.3 Å². The van der Waals surface area contributed by atoms with Gasteiger partial charge >= 0.3 is 5.97 Å². The Morgan fingerprint density at radius 3 is 3.29 bits per heavy atom. The molecule has 0 saturated heterocycles. The first-order valence-corrected chi connectivity index (χ1v) is 6.70. The molecule has 2 heterocycles. The van der Waals surface area contributed by atoms with Crippen molar-refractivity contribution in [2.45, 2.75) is 13.3 Å². The number of hydrogen-bond donors (Lipinski definition) is 0. The van der Waals surface area contributed by atoms with Crippen molar-refractivity contribution >= 4 is 29.5 Å². The summed E-state index contributed by atoms with van der Waals surface area (Å²) in [5.41, 5.74) is 2.12. The highest BCUT2D eigenvalue weighted by Gasteiger charge is 2.27. The summed E-state index contributed by atoms with van der Waals surface area (Å²) in [5, 5.41) is 2.16. The second-order valence-electron chi connectivity index (χ2n) is 3.07. The Morgan fingerprint density at radius 2 is 2.50 bits per heavy atom. The van der Waals surface area contributed by atoms with Crippen molar-refractivity contribution in [3.63, 3.8) is 0 Å². The summed E-state index contributed by atoms with van der Waals surface area (Å²) in [6.45, 7) is 2.31. The number of allylic oxidation sites excluding steroid dienone is 1. The minimum absolute atomic E-state index is 0.120. The highest BCUT2D eigenvalue weighted by atomic mass is 32.2. The van der Waals surface area contributed by atoms with Gasteiger partial charge in [0.2, 0.25) is 0 Å². The van der Waals surface area contributed by atoms with Gasteiger partial charge in [-0.3, -0.25) is 0 Å². The fourth-order valence-corrected chi connectivity index (χ4v) is 3.75. The van der Waals surface area contributed by atoms with Crippen molar-refractivity contribution in [3.05, 3.63) is 21.5 Å². The van der Waals surface area contributed by atoms with Gasteiger partial charge in [-0.25, -0.2) is 4.79 Å². The molecule has 0 N–H and O–H groups in total. The van der Waals surface area contributed by atoms with Crippen LogP contribution >= 0.6 is 23.5 Å². The molecule has 0 fully saturated rings. The third kappa shape index (κ3) is 1.86. The third-order valence-electron chi connectivity index (χ3n) is 2.22. The number of esters is 1. The molecule has 0 aliphatic carbocycles. The maximum Gasteiger partial charge on any atom is 0.335 e. The molecule has 0 bridgehead atoms. The quantitative estimate of drug-likeness (QED) is 0.679. The van der Waals surface area contributed by atoms with E-state index in [9.17, 15) is 4.79 Å². The third-order valence-corrected chi connectivity index (χ3v) is 4.32. The van der Waals surface area contributed by atoms with Gasteiger partial charge in [0.1, 0.15) is 0 Å². The fraction of sp³-hybridized carbons (Fsp3) is 0.500. The Bertz CT molecular complexity index is 318. The zero-order valence-electron chi connectivity index (χ0n) is 8.04. The number of carbonyl (C=O) groups excluding carboxylic acids is 1. The Hall–Kier alpha value is -0.350. The Labute approximate surface area is 92.2 Å². The summed E-state index contributed by atoms with van der Waals surface area (Å²) in [4.78, 5) is 12.9. The molecular weight excluding hydrogens is 216 g/mol. The average molecular weight is 228 g/mol. The molecule has 0 aromatic carbocycles. The van der Waals surface area contributed by atoms with E-state index in [1.165, 1.54) is 10.5 Å². The fourth-order valence-electron chi connectivity index (χ4n) is 1.55. The smallest absolute Gasteiger partial charge is 0.335 e. The minimum atomic E-state index is -0.120. The summed E-state index contributed by atoms with van der Waals surface area (Å²) in [5.74, 6) is 1.76. The van der Waals surface area contributed by atoms with Crippen LogP contribution in [-0.2, 0) is 9.53 Å². The molecule has 4 heteroatoms. The molecular formula is C10H12O2S2. The van der Waals surface area contributed by atoms with E-state index in [1.807, 2.05) is 18.7 Å². The average Bonchev–Trinajstić information content (AvgIpc) is 2.61. The first-order valence-electron chi connectivity index (χ1n) is 4.67. The number of hydrogen-bond acceptors (Lipinski definition) is 4. The van der Waals surface area contributed by atoms with E-state index in [1.54, 1.807) is 11.8 Å². The van der Waals surface area contributed by atoms with Gasteiger partial charge in [-0.2, -0.15) is 0 Å². The van der Waals surface area contributed by atoms with E-state index < -0.39 is 0 Å². The maximum atomic E-state index is 11.6. The zero-order valence-corrected chi connectivity index (χ0v) is 9.67. The van der Waals surface area contributed by atoms with Crippen LogP contribution in [0.4, 0.5) is 0 Å². The molecule has 0 radical (unpaired) electrons. The Balaban J connectivity index is 2.22. The maximum absolute atomic E-state index is 11.6. The zero-order chi connectivity index (χ0) is 9.97. The van der Waals surface area contributed by atoms with Gasteiger partial charge in [-0.15, -0.1) is 23.5 Å². The first-order chi connectivity index (χ1) is 6.83. The van der Waals surface area contributed by atoms with Crippen LogP contribution in [0.1, 0.15) is 13.3 Å². The van der Waals surface area contributed by atoms with Crippen molar-refractivity contribution in [2.75, 3.05) is 18.1 Å². The second-order valence-corrected chi connectivity index (χ2v) is 5.06. The van der Waals surface area contributed by atoms with Crippen LogP contribution in [0.25, 0.3) is 0 Å². The Morgan fingerprint density at radius 1 is 1.64 bits per heavy atom. The van der Waals surface area contributed by atoms with Crippen LogP contribution in [0.15, 0.2) is 21.5 Å². The van der Waals surface area contributed by atoms with E-state index in [0.29, 0.717) is 6.61 Å². The summed E-state index contributed by atoms with van der Waals surface area (Å²) in [7, 11) is 0. The van der Waals surface area contributed by atoms with Gasteiger partial charge < -0.3 is 4.74 Å². The number of fused-ring (bicyclic) bond motifs is 1. The largest absolute Gasteiger partial charge is 0.463 e. The first kappa shape index (κ1) is 10.2. The summed E-state index contributed by atoms with van der Waals surface area (Å²) < 4.78 is 5.03. The second kappa shape index (κ2) is 4.45. The van der Waals surface area contributed by atoms with E-state index >= 15 is 0 Å². The van der Waals surface area contributed by atoms with Gasteiger partial charge in [-0.1, -0.05) is 0 Å². The lowest BCUT2D eigenvalue weighted by Crippen LogP contribution is -2.10. The lowest BCUT2D eigenvalue weighted by molar-refractivity contribution is -0.138. The molecule has 0 aromatic rings. The van der Waals surface area contributed by atoms with Crippen LogP contribution in [0.2, 0.25) is 0 Å². The SMILES string of the molecule is CCOC(=O)C1=C2CCSC=C2SC1. The molecule has 0 unspecified atom stereocenters. The highest BCUT2D eigenvalue weighted by molar-refractivity contribution is 8.06. The van der Waals surface area contributed by atoms with Crippen LogP contribution in [0.3, 0.4) is 0 Å². The molecule has 2 aliphatic heterocycles. The molecule has 0 amide bonds. The van der Waals surface area contributed by atoms with Gasteiger partial charge in [0, 0.05) is 16.4 Å². The van der Waals surface area contributed by atoms with Crippen molar-refractivity contribution in [3.8, 4) is 0 Å². The number of thioether (sulfide) groups is 2. The number of rotatable bonds is 2. The molecule has 2 nitrogen and oxygen atoms in total. The van der Waals surface area contributed by atoms with Crippen molar-refractivity contribution < 1.29 is 9.53 Å². The van der Waals surface area contributed by atoms with Crippen LogP contribution in [0, 0.1) is 0 Å². The van der Waals surface area contributed by atoms with E-state index in [4.69, 9.17) is 4.74 Å². The van der Waals surface area contributed by atoms with Gasteiger partial charge in [0.05, 0.1) is 12.2 Å². The Kier molecular flexibility index (Phi) is 3.23. The van der Waals surface area contributed by atoms with Crippen molar-refractivity contribution in [1.82, 2.24) is 0 Å². The van der Waals surface area contributed by atoms with Crippen LogP contribution < -0.4 is 0 Å². The normalized spacial score (nSPS) is 20.5. The van der Waals surface area contributed by atoms with E-state index in [-0.39, 0.29) is 5.97 Å². The summed E-state index contributed by atoms with van der Waals surface area (Å²) >= 11 is 3.58. The standard InChI is InChI=1S/C10H12O2S2/c1-2-12-10(11)8-5-14-9-6-13-4-3-7(8)9/h6H,2-5H2,1H3. The van der Waals surface area contributed by atoms with Crippen LogP contribution in [-0.4, -0.2) is 24.1 Å². The molecule has 2 rings (SSSR count). The molecule has 14 heavy (non-hydrogen) atoms. The minimum Gasteiger partial charge on any atom is -0.463 e. The van der Waals surface area contributed by atoms with Gasteiger partial charge in [0.25, 0.3) is 0 Å².